The summed E-state index contributed by atoms with van der Waals surface area (Å²) in [5.74, 6) is 0. The van der Waals surface area contributed by atoms with E-state index in [0.717, 1.165) is 0 Å². The topological polar surface area (TPSA) is 8.17 Å². The predicted octanol–water partition coefficient (Wildman–Crippen LogP) is 14.9. The van der Waals surface area contributed by atoms with E-state index in [0.29, 0.717) is 4.57 Å². The van der Waals surface area contributed by atoms with Crippen LogP contribution >= 0.6 is 0 Å². The third-order valence-electron chi connectivity index (χ3n) is 8.06. The Kier molecular flexibility index (Phi) is 3.10. The molecule has 10 aromatic rings. The van der Waals surface area contributed by atoms with E-state index in [-0.39, 0.29) is 4.90 Å². The summed E-state index contributed by atoms with van der Waals surface area (Å²) in [4.78, 5) is 0.159. The van der Waals surface area contributed by atoms with Gasteiger partial charge >= 0.3 is 0 Å². The largest absolute Gasteiger partial charge is 0.310 e. The molecule has 0 unspecified atom stereocenters. The van der Waals surface area contributed by atoms with Crippen LogP contribution < -0.4 is 4.90 Å². The van der Waals surface area contributed by atoms with Gasteiger partial charge in [0.25, 0.3) is 0 Å². The molecule has 0 saturated carbocycles. The Bertz CT molecular complexity index is 5040. The van der Waals surface area contributed by atoms with Gasteiger partial charge in [-0.05, 0) is 105 Å². The van der Waals surface area contributed by atoms with Crippen molar-refractivity contribution in [3.63, 3.8) is 0 Å². The van der Waals surface area contributed by atoms with Crippen LogP contribution in [0.3, 0.4) is 0 Å². The smallest absolute Gasteiger partial charge is 0.0651 e. The van der Waals surface area contributed by atoms with E-state index in [1.54, 1.807) is 0 Å². The molecule has 0 atom stereocenters. The van der Waals surface area contributed by atoms with Gasteiger partial charge in [-0.3, -0.25) is 0 Å². The third kappa shape index (κ3) is 6.14. The summed E-state index contributed by atoms with van der Waals surface area (Å²) < 4.78 is 346. The average molecular weight is 753 g/mol. The molecule has 1 heterocycles. The molecule has 10 rings (SSSR count). The predicted molar refractivity (Wildman–Crippen MR) is 237 cm³/mol. The Morgan fingerprint density at radius 3 is 1.54 bits per heavy atom. The zero-order chi connectivity index (χ0) is 70.3. The molecule has 0 saturated heterocycles. The highest BCUT2D eigenvalue weighted by atomic mass is 15.1. The lowest BCUT2D eigenvalue weighted by molar-refractivity contribution is 1.18. The number of anilines is 3. The van der Waals surface area contributed by atoms with Gasteiger partial charge in [-0.2, -0.15) is 0 Å². The molecule has 0 fully saturated rings. The van der Waals surface area contributed by atoms with Crippen LogP contribution in [0.25, 0.3) is 72.0 Å². The second-order valence-corrected chi connectivity index (χ2v) is 11.3. The molecular formula is C54H38N2. The number of rotatable bonds is 8. The molecule has 1 aromatic heterocycles. The molecule has 0 radical (unpaired) electrons. The van der Waals surface area contributed by atoms with Gasteiger partial charge in [0.2, 0.25) is 0 Å². The molecular weight excluding hydrogens is 677 g/mol. The minimum Gasteiger partial charge on any atom is -0.310 e. The van der Waals surface area contributed by atoms with Crippen LogP contribution in [0, 0.1) is 0 Å². The van der Waals surface area contributed by atoms with E-state index >= 15 is 0 Å². The Labute approximate surface area is 381 Å². The lowest BCUT2D eigenvalue weighted by Gasteiger charge is -2.29. The van der Waals surface area contributed by atoms with Crippen LogP contribution in [0.4, 0.5) is 17.1 Å². The highest BCUT2D eigenvalue weighted by Gasteiger charge is 2.20. The molecule has 2 nitrogen and oxygen atoms in total. The summed E-state index contributed by atoms with van der Waals surface area (Å²) in [5, 5.41) is -1.53. The summed E-state index contributed by atoms with van der Waals surface area (Å²) in [5.41, 5.74) is -15.5. The van der Waals surface area contributed by atoms with Crippen molar-refractivity contribution in [1.29, 1.82) is 0 Å². The number of aromatic nitrogens is 1. The van der Waals surface area contributed by atoms with Gasteiger partial charge in [-0.1, -0.05) is 163 Å². The Balaban J connectivity index is 1.49. The summed E-state index contributed by atoms with van der Waals surface area (Å²) in [7, 11) is 0. The summed E-state index contributed by atoms with van der Waals surface area (Å²) in [6.07, 6.45) is 0. The van der Waals surface area contributed by atoms with Crippen molar-refractivity contribution in [1.82, 2.24) is 4.57 Å². The van der Waals surface area contributed by atoms with Gasteiger partial charge in [0.15, 0.2) is 0 Å². The lowest BCUT2D eigenvalue weighted by atomic mass is 9.95. The van der Waals surface area contributed by atoms with Gasteiger partial charge in [0, 0.05) is 33.4 Å². The monoisotopic (exact) mass is 753 g/mol. The fourth-order valence-corrected chi connectivity index (χ4v) is 5.67. The van der Waals surface area contributed by atoms with Crippen molar-refractivity contribution in [2.45, 2.75) is 0 Å². The number of benzene rings is 9. The minimum absolute atomic E-state index is 0.159. The van der Waals surface area contributed by atoms with Gasteiger partial charge in [0.1, 0.15) is 0 Å². The molecule has 264 valence electrons. The molecule has 56 heavy (non-hydrogen) atoms. The Hall–Kier alpha value is -7.42. The van der Waals surface area contributed by atoms with Crippen LogP contribution in [0.5, 0.6) is 0 Å². The zero-order valence-corrected chi connectivity index (χ0v) is 27.9. The van der Waals surface area contributed by atoms with Crippen LogP contribution in [0.2, 0.25) is 0 Å². The number of fused-ring (bicyclic) bond motifs is 3. The highest BCUT2D eigenvalue weighted by molar-refractivity contribution is 6.10. The van der Waals surface area contributed by atoms with Crippen LogP contribution in [0.1, 0.15) is 52.1 Å². The first-order valence-electron chi connectivity index (χ1n) is 35.1. The molecule has 0 aliphatic heterocycles. The van der Waals surface area contributed by atoms with Crippen molar-refractivity contribution >= 4 is 38.9 Å². The van der Waals surface area contributed by atoms with Crippen molar-refractivity contribution in [2.24, 2.45) is 0 Å². The summed E-state index contributed by atoms with van der Waals surface area (Å²) in [6.45, 7) is 0. The van der Waals surface area contributed by atoms with Crippen LogP contribution in [-0.2, 0) is 0 Å². The molecule has 0 amide bonds. The lowest BCUT2D eigenvalue weighted by Crippen LogP contribution is -2.11. The molecule has 0 spiro atoms. The highest BCUT2D eigenvalue weighted by Crippen LogP contribution is 2.44. The molecule has 0 aliphatic rings. The quantitative estimate of drug-likeness (QED) is 0.150. The summed E-state index contributed by atoms with van der Waals surface area (Å²) in [6, 6.07) is -44.9. The van der Waals surface area contributed by atoms with Gasteiger partial charge in [-0.25, -0.2) is 0 Å². The van der Waals surface area contributed by atoms with Crippen molar-refractivity contribution in [3.05, 3.63) is 230 Å². The first kappa shape index (κ1) is 12.0. The number of nitrogens with zero attached hydrogens (tertiary/aromatic N) is 2. The number of hydrogen-bond donors (Lipinski definition) is 0. The maximum absolute atomic E-state index is 10.2. The molecule has 0 N–H and O–H groups in total. The van der Waals surface area contributed by atoms with E-state index < -0.39 is 319 Å². The minimum atomic E-state index is -1.50. The normalized spacial score (nSPS) is 20.7. The molecule has 0 bridgehead atoms. The SMILES string of the molecule is [2H]c1c([2H])c([2H])c(-c2c([2H])c([2H])c(N(c3c([2H])c([2H])c([2H])c(-c4c([2H])c([2H])c5c(c4[2H])c4c([2H])c([2H])c([2H])c([2H])c4n5-c4c([2H])c([2H])c([2H])c([2H])c4[2H])c3[2H])c3c([2H])c([2H])c(-c4c([2H])c([2H])c([2H])c([2H])c4[2H])c([2H])c3-c3c([2H])c([2H])c([2H])c([2H])c3[2H])c([2H])c2[2H])c([2H])c1[2H]. The van der Waals surface area contributed by atoms with E-state index in [4.69, 9.17) is 30.2 Å². The average Bonchev–Trinajstić information content (AvgIpc) is 1.37. The summed E-state index contributed by atoms with van der Waals surface area (Å²) >= 11 is 0. The van der Waals surface area contributed by atoms with Crippen molar-refractivity contribution < 1.29 is 52.1 Å². The molecule has 2 heteroatoms. The molecule has 9 aromatic carbocycles. The Morgan fingerprint density at radius 2 is 0.821 bits per heavy atom. The maximum atomic E-state index is 10.2. The second kappa shape index (κ2) is 14.4. The first-order chi connectivity index (χ1) is 43.6. The van der Waals surface area contributed by atoms with Gasteiger partial charge in [0.05, 0.1) is 68.8 Å². The Morgan fingerprint density at radius 1 is 0.321 bits per heavy atom. The second-order valence-electron chi connectivity index (χ2n) is 11.3. The third-order valence-corrected chi connectivity index (χ3v) is 8.06. The van der Waals surface area contributed by atoms with Gasteiger partial charge in [-0.15, -0.1) is 0 Å². The fraction of sp³-hybridized carbons (Fsp3) is 0. The van der Waals surface area contributed by atoms with E-state index in [2.05, 4.69) is 0 Å². The fourth-order valence-electron chi connectivity index (χ4n) is 5.67. The van der Waals surface area contributed by atoms with Crippen molar-refractivity contribution in [2.75, 3.05) is 4.90 Å². The standard InChI is InChI=1S/C54H38N2/c1-5-16-39(17-6-1)41-28-32-47(33-29-41)55(53-34-30-44(40-18-7-2-8-19-40)37-50(53)42-20-9-3-10-21-42)48-25-15-22-43(36-48)45-31-35-54-51(38-45)49-26-13-14-27-52(49)56(54)46-23-11-4-12-24-46/h1-38H/i1D,2D,3D,4D,5D,6D,7D,8D,9D,10D,11D,12D,13D,14D,15D,16D,17D,18D,19D,20D,21D,22D,23D,24D,25D,26D,27D,28D,29D,30D,31D,32D,33D,34D,35D,36D,37D,38D. The first-order valence-corrected chi connectivity index (χ1v) is 16.1. The number of para-hydroxylation sites is 2. The van der Waals surface area contributed by atoms with Gasteiger partial charge < -0.3 is 9.47 Å². The zero-order valence-electron chi connectivity index (χ0n) is 65.9. The van der Waals surface area contributed by atoms with E-state index in [1.807, 2.05) is 0 Å². The van der Waals surface area contributed by atoms with Crippen LogP contribution in [0.15, 0.2) is 230 Å². The maximum Gasteiger partial charge on any atom is 0.0651 e. The van der Waals surface area contributed by atoms with Crippen molar-refractivity contribution in [3.8, 4) is 50.2 Å². The van der Waals surface area contributed by atoms with E-state index in [9.17, 15) is 21.9 Å². The molecule has 0 aliphatic carbocycles. The van der Waals surface area contributed by atoms with E-state index in [1.165, 1.54) is 0 Å². The number of hydrogen-bond acceptors (Lipinski definition) is 1. The van der Waals surface area contributed by atoms with Crippen LogP contribution in [-0.4, -0.2) is 4.57 Å².